The molecule has 0 unspecified atom stereocenters. The Kier molecular flexibility index (Phi) is 5.60. The number of amides is 4. The number of hydrogen-bond acceptors (Lipinski definition) is 7. The van der Waals surface area contributed by atoms with Gasteiger partial charge in [-0.3, -0.25) is 14.5 Å². The number of carbonyl (C=O) groups is 3. The maximum absolute atomic E-state index is 13.3. The van der Waals surface area contributed by atoms with Gasteiger partial charge in [-0.25, -0.2) is 13.2 Å². The molecule has 194 valence electrons. The molecule has 3 heterocycles. The van der Waals surface area contributed by atoms with Gasteiger partial charge >= 0.3 is 6.03 Å². The van der Waals surface area contributed by atoms with Crippen LogP contribution in [0, 0.1) is 0 Å². The zero-order chi connectivity index (χ0) is 25.8. The Morgan fingerprint density at radius 2 is 1.70 bits per heavy atom. The maximum atomic E-state index is 13.3. The minimum Gasteiger partial charge on any atom is -0.486 e. The number of sulfonamides is 1. The average molecular weight is 527 g/mol. The van der Waals surface area contributed by atoms with Crippen molar-refractivity contribution in [3.8, 4) is 11.5 Å². The van der Waals surface area contributed by atoms with E-state index in [1.165, 1.54) is 21.3 Å². The lowest BCUT2D eigenvalue weighted by Crippen LogP contribution is -2.53. The van der Waals surface area contributed by atoms with Crippen LogP contribution in [0.1, 0.15) is 17.5 Å². The van der Waals surface area contributed by atoms with E-state index >= 15 is 0 Å². The van der Waals surface area contributed by atoms with Crippen LogP contribution >= 0.6 is 0 Å². The van der Waals surface area contributed by atoms with Gasteiger partial charge in [0.25, 0.3) is 5.91 Å². The second kappa shape index (κ2) is 8.73. The standard InChI is InChI=1S/C25H26N4O7S/c30-22(16-29-23(31)25(26-24(29)32)8-7-17-3-1-2-4-19(17)25)27-9-11-28(12-10-27)37(33,34)18-5-6-20-21(15-18)36-14-13-35-20/h1-6,15H,7-14,16H2,(H,26,32)/t25-/m1/s1. The molecule has 2 aromatic rings. The third-order valence-electron chi connectivity index (χ3n) is 7.46. The maximum Gasteiger partial charge on any atom is 0.325 e. The minimum absolute atomic E-state index is 0.0954. The van der Waals surface area contributed by atoms with E-state index in [1.807, 2.05) is 24.3 Å². The van der Waals surface area contributed by atoms with E-state index in [4.69, 9.17) is 9.47 Å². The van der Waals surface area contributed by atoms with Crippen LogP contribution in [0.4, 0.5) is 4.79 Å². The van der Waals surface area contributed by atoms with Gasteiger partial charge in [-0.05, 0) is 36.1 Å². The average Bonchev–Trinajstić information content (AvgIpc) is 3.41. The molecule has 2 aromatic carbocycles. The molecule has 37 heavy (non-hydrogen) atoms. The van der Waals surface area contributed by atoms with Crippen LogP contribution < -0.4 is 14.8 Å². The van der Waals surface area contributed by atoms with Crippen LogP contribution in [0.3, 0.4) is 0 Å². The highest BCUT2D eigenvalue weighted by Gasteiger charge is 2.55. The van der Waals surface area contributed by atoms with Crippen molar-refractivity contribution in [2.45, 2.75) is 23.3 Å². The molecule has 2 fully saturated rings. The van der Waals surface area contributed by atoms with Gasteiger partial charge in [-0.2, -0.15) is 4.31 Å². The lowest BCUT2D eigenvalue weighted by Gasteiger charge is -2.34. The number of rotatable bonds is 4. The number of nitrogens with one attached hydrogen (secondary N) is 1. The summed E-state index contributed by atoms with van der Waals surface area (Å²) in [4.78, 5) is 41.7. The quantitative estimate of drug-likeness (QED) is 0.581. The van der Waals surface area contributed by atoms with Gasteiger partial charge in [0.1, 0.15) is 25.3 Å². The molecule has 1 aliphatic carbocycles. The Balaban J connectivity index is 1.10. The number of benzene rings is 2. The number of aryl methyl sites for hydroxylation is 1. The number of urea groups is 1. The van der Waals surface area contributed by atoms with E-state index < -0.39 is 33.4 Å². The smallest absolute Gasteiger partial charge is 0.325 e. The summed E-state index contributed by atoms with van der Waals surface area (Å²) in [5.41, 5.74) is 0.672. The van der Waals surface area contributed by atoms with Gasteiger partial charge in [0.05, 0.1) is 4.90 Å². The first-order valence-corrected chi connectivity index (χ1v) is 13.6. The van der Waals surface area contributed by atoms with Crippen LogP contribution in [0.25, 0.3) is 0 Å². The lowest BCUT2D eigenvalue weighted by molar-refractivity contribution is -0.139. The molecule has 3 aliphatic heterocycles. The van der Waals surface area contributed by atoms with Crippen molar-refractivity contribution in [3.05, 3.63) is 53.6 Å². The molecule has 6 rings (SSSR count). The molecule has 2 saturated heterocycles. The molecule has 0 bridgehead atoms. The summed E-state index contributed by atoms with van der Waals surface area (Å²) in [7, 11) is -3.80. The molecule has 1 N–H and O–H groups in total. The minimum atomic E-state index is -3.80. The highest BCUT2D eigenvalue weighted by Crippen LogP contribution is 2.41. The molecular weight excluding hydrogens is 500 g/mol. The fraction of sp³-hybridized carbons (Fsp3) is 0.400. The van der Waals surface area contributed by atoms with Gasteiger partial charge in [-0.1, -0.05) is 24.3 Å². The van der Waals surface area contributed by atoms with E-state index in [2.05, 4.69) is 5.32 Å². The van der Waals surface area contributed by atoms with Crippen molar-refractivity contribution < 1.29 is 32.3 Å². The normalized spacial score (nSPS) is 23.4. The molecule has 4 amide bonds. The Labute approximate surface area is 214 Å². The lowest BCUT2D eigenvalue weighted by atomic mass is 9.92. The van der Waals surface area contributed by atoms with E-state index in [-0.39, 0.29) is 37.6 Å². The first kappa shape index (κ1) is 23.7. The molecule has 12 heteroatoms. The summed E-state index contributed by atoms with van der Waals surface area (Å²) in [6, 6.07) is 11.4. The van der Waals surface area contributed by atoms with Crippen molar-refractivity contribution in [2.24, 2.45) is 0 Å². The van der Waals surface area contributed by atoms with Crippen molar-refractivity contribution in [1.82, 2.24) is 19.4 Å². The summed E-state index contributed by atoms with van der Waals surface area (Å²) in [5.74, 6) is 0.0696. The molecule has 4 aliphatic rings. The van der Waals surface area contributed by atoms with Gasteiger partial charge in [0, 0.05) is 32.2 Å². The first-order chi connectivity index (χ1) is 17.8. The van der Waals surface area contributed by atoms with E-state index in [1.54, 1.807) is 6.07 Å². The van der Waals surface area contributed by atoms with E-state index in [0.717, 1.165) is 16.0 Å². The Morgan fingerprint density at radius 1 is 0.973 bits per heavy atom. The van der Waals surface area contributed by atoms with Crippen molar-refractivity contribution >= 4 is 27.9 Å². The Morgan fingerprint density at radius 3 is 2.49 bits per heavy atom. The van der Waals surface area contributed by atoms with Gasteiger partial charge in [0.15, 0.2) is 11.5 Å². The first-order valence-electron chi connectivity index (χ1n) is 12.2. The SMILES string of the molecule is O=C(CN1C(=O)N[C@@]2(CCc3ccccc32)C1=O)N1CCN(S(=O)(=O)c2ccc3c(c2)OCCO3)CC1. The Bertz CT molecular complexity index is 1400. The third kappa shape index (κ3) is 3.82. The number of imide groups is 1. The second-order valence-corrected chi connectivity index (χ2v) is 11.4. The fourth-order valence-electron chi connectivity index (χ4n) is 5.48. The topological polar surface area (TPSA) is 126 Å². The highest BCUT2D eigenvalue weighted by molar-refractivity contribution is 7.89. The summed E-state index contributed by atoms with van der Waals surface area (Å²) in [6.45, 7) is 0.875. The zero-order valence-electron chi connectivity index (χ0n) is 20.0. The van der Waals surface area contributed by atoms with E-state index in [0.29, 0.717) is 37.6 Å². The number of piperazine rings is 1. The number of fused-ring (bicyclic) bond motifs is 3. The van der Waals surface area contributed by atoms with Crippen molar-refractivity contribution in [3.63, 3.8) is 0 Å². The largest absolute Gasteiger partial charge is 0.486 e. The summed E-state index contributed by atoms with van der Waals surface area (Å²) < 4.78 is 38.6. The van der Waals surface area contributed by atoms with Crippen LogP contribution in [0.15, 0.2) is 47.4 Å². The second-order valence-electron chi connectivity index (χ2n) is 9.47. The predicted octanol–water partition coefficient (Wildman–Crippen LogP) is 0.684. The molecule has 0 radical (unpaired) electrons. The molecule has 0 aromatic heterocycles. The number of ether oxygens (including phenoxy) is 2. The fourth-order valence-corrected chi connectivity index (χ4v) is 6.92. The van der Waals surface area contributed by atoms with Crippen LogP contribution in [-0.4, -0.2) is 86.3 Å². The van der Waals surface area contributed by atoms with Crippen LogP contribution in [0.2, 0.25) is 0 Å². The van der Waals surface area contributed by atoms with Crippen LogP contribution in [0.5, 0.6) is 11.5 Å². The Hall–Kier alpha value is -3.64. The molecular formula is C25H26N4O7S. The van der Waals surface area contributed by atoms with E-state index in [9.17, 15) is 22.8 Å². The molecule has 0 saturated carbocycles. The number of nitrogens with zero attached hydrogens (tertiary/aromatic N) is 3. The summed E-state index contributed by atoms with van der Waals surface area (Å²) >= 11 is 0. The van der Waals surface area contributed by atoms with Gasteiger partial charge < -0.3 is 19.7 Å². The molecule has 1 atom stereocenters. The monoisotopic (exact) mass is 526 g/mol. The number of carbonyl (C=O) groups excluding carboxylic acids is 3. The van der Waals surface area contributed by atoms with Gasteiger partial charge in [-0.15, -0.1) is 0 Å². The van der Waals surface area contributed by atoms with Crippen molar-refractivity contribution in [2.75, 3.05) is 45.9 Å². The summed E-state index contributed by atoms with van der Waals surface area (Å²) in [6.07, 6.45) is 1.13. The zero-order valence-corrected chi connectivity index (χ0v) is 20.8. The molecule has 1 spiro atoms. The third-order valence-corrected chi connectivity index (χ3v) is 9.35. The summed E-state index contributed by atoms with van der Waals surface area (Å²) in [5, 5.41) is 2.82. The number of hydrogen-bond donors (Lipinski definition) is 1. The van der Waals surface area contributed by atoms with Gasteiger partial charge in [0.2, 0.25) is 15.9 Å². The predicted molar refractivity (Wildman–Crippen MR) is 129 cm³/mol. The molecule has 11 nitrogen and oxygen atoms in total. The highest BCUT2D eigenvalue weighted by atomic mass is 32.2. The van der Waals surface area contributed by atoms with Crippen LogP contribution in [-0.2, 0) is 31.6 Å². The van der Waals surface area contributed by atoms with Crippen molar-refractivity contribution in [1.29, 1.82) is 0 Å².